The van der Waals surface area contributed by atoms with E-state index in [9.17, 15) is 0 Å². The molecule has 10 heteroatoms. The molecule has 4 aromatic carbocycles. The topological polar surface area (TPSA) is 93.2 Å². The van der Waals surface area contributed by atoms with Crippen LogP contribution in [0.3, 0.4) is 0 Å². The summed E-state index contributed by atoms with van der Waals surface area (Å²) in [5.74, 6) is 2.79. The van der Waals surface area contributed by atoms with Crippen LogP contribution in [0.25, 0.3) is 44.1 Å². The highest BCUT2D eigenvalue weighted by molar-refractivity contribution is 9.10. The molecule has 47 heavy (non-hydrogen) atoms. The number of benzene rings is 4. The first-order valence-corrected chi connectivity index (χ1v) is 16.6. The molecule has 0 fully saturated rings. The third-order valence-electron chi connectivity index (χ3n) is 8.57. The van der Waals surface area contributed by atoms with Crippen LogP contribution in [0.15, 0.2) is 79.6 Å². The van der Waals surface area contributed by atoms with Crippen LogP contribution in [0.4, 0.5) is 0 Å². The first-order chi connectivity index (χ1) is 22.9. The SMILES string of the molecule is COc1cc(OC)c2c(-c3ccc(Br)cc3)c3[nH]c2c1Cc1c(OC)cc(OC)c2c(-c4ccc(Br)cc4)c([nH]c12)C=NCCN=C3. The minimum absolute atomic E-state index is 0.473. The average Bonchev–Trinajstić information content (AvgIpc) is 3.66. The van der Waals surface area contributed by atoms with Gasteiger partial charge >= 0.3 is 0 Å². The molecule has 0 saturated heterocycles. The molecule has 0 unspecified atom stereocenters. The van der Waals surface area contributed by atoms with Crippen molar-refractivity contribution in [2.24, 2.45) is 9.98 Å². The maximum Gasteiger partial charge on any atom is 0.132 e. The Morgan fingerprint density at radius 2 is 0.936 bits per heavy atom. The summed E-state index contributed by atoms with van der Waals surface area (Å²) in [5.41, 5.74) is 9.53. The molecule has 1 aliphatic heterocycles. The van der Waals surface area contributed by atoms with Crippen LogP contribution in [-0.4, -0.2) is 63.9 Å². The Labute approximate surface area is 289 Å². The Bertz CT molecular complexity index is 2030. The van der Waals surface area contributed by atoms with Crippen molar-refractivity contribution in [3.05, 3.63) is 92.1 Å². The number of H-pyrrole nitrogens is 2. The van der Waals surface area contributed by atoms with E-state index in [4.69, 9.17) is 28.9 Å². The van der Waals surface area contributed by atoms with E-state index in [1.807, 2.05) is 48.8 Å². The van der Waals surface area contributed by atoms with Crippen molar-refractivity contribution in [2.75, 3.05) is 41.5 Å². The lowest BCUT2D eigenvalue weighted by Crippen LogP contribution is -2.01. The van der Waals surface area contributed by atoms with Crippen molar-refractivity contribution in [3.8, 4) is 45.3 Å². The molecule has 0 amide bonds. The number of nitrogens with zero attached hydrogens (tertiary/aromatic N) is 2. The first kappa shape index (κ1) is 31.1. The Kier molecular flexibility index (Phi) is 8.55. The maximum absolute atomic E-state index is 6.05. The van der Waals surface area contributed by atoms with Crippen LogP contribution in [0.2, 0.25) is 0 Å². The number of fused-ring (bicyclic) bond motifs is 2. The molecule has 7 rings (SSSR count). The molecule has 0 radical (unpaired) electrons. The van der Waals surface area contributed by atoms with E-state index in [-0.39, 0.29) is 0 Å². The molecule has 238 valence electrons. The minimum Gasteiger partial charge on any atom is -0.496 e. The Balaban J connectivity index is 1.58. The standard InChI is InChI=1S/C37H32Br2N4O4/c1-44-28-16-30(46-3)34-32(20-5-9-22(38)10-6-20)26-18-40-13-14-41-19-27-33(21-7-11-23(39)12-8-21)35-31(47-4)17-29(45-2)25(37(35)43-27)15-24(28)36(34)42-26/h5-12,16-19,42-43H,13-15H2,1-4H3. The van der Waals surface area contributed by atoms with Gasteiger partial charge in [-0.05, 0) is 35.4 Å². The molecule has 6 aromatic rings. The summed E-state index contributed by atoms with van der Waals surface area (Å²) in [6.07, 6.45) is 4.27. The molecular weight excluding hydrogens is 724 g/mol. The van der Waals surface area contributed by atoms with Crippen LogP contribution in [0.1, 0.15) is 22.5 Å². The summed E-state index contributed by atoms with van der Waals surface area (Å²) in [6, 6.07) is 20.5. The Hall–Kier alpha value is -4.54. The zero-order valence-electron chi connectivity index (χ0n) is 26.3. The van der Waals surface area contributed by atoms with Gasteiger partial charge in [0, 0.05) is 62.2 Å². The highest BCUT2D eigenvalue weighted by Crippen LogP contribution is 2.47. The molecule has 8 nitrogen and oxygen atoms in total. The van der Waals surface area contributed by atoms with Crippen LogP contribution in [0, 0.1) is 0 Å². The molecule has 2 N–H and O–H groups in total. The van der Waals surface area contributed by atoms with E-state index in [0.717, 1.165) is 75.5 Å². The summed E-state index contributed by atoms with van der Waals surface area (Å²) >= 11 is 7.17. The molecule has 2 aromatic heterocycles. The summed E-state index contributed by atoms with van der Waals surface area (Å²) in [6.45, 7) is 1.02. The largest absolute Gasteiger partial charge is 0.496 e. The number of hydrogen-bond donors (Lipinski definition) is 2. The number of rotatable bonds is 6. The second-order valence-electron chi connectivity index (χ2n) is 11.1. The van der Waals surface area contributed by atoms with Gasteiger partial charge in [-0.2, -0.15) is 0 Å². The van der Waals surface area contributed by atoms with Crippen molar-refractivity contribution in [1.82, 2.24) is 9.97 Å². The minimum atomic E-state index is 0.473. The molecule has 0 saturated carbocycles. The number of aromatic amines is 2. The second-order valence-corrected chi connectivity index (χ2v) is 12.9. The third kappa shape index (κ3) is 5.49. The van der Waals surface area contributed by atoms with Crippen molar-refractivity contribution in [2.45, 2.75) is 6.42 Å². The summed E-state index contributed by atoms with van der Waals surface area (Å²) in [5, 5.41) is 1.90. The molecule has 3 heterocycles. The fraction of sp³-hybridized carbons (Fsp3) is 0.189. The zero-order valence-corrected chi connectivity index (χ0v) is 29.5. The number of methoxy groups -OCH3 is 4. The second kappa shape index (κ2) is 12.9. The molecular formula is C37H32Br2N4O4. The maximum atomic E-state index is 6.05. The van der Waals surface area contributed by atoms with E-state index >= 15 is 0 Å². The van der Waals surface area contributed by atoms with Gasteiger partial charge in [-0.1, -0.05) is 56.1 Å². The lowest BCUT2D eigenvalue weighted by atomic mass is 9.94. The first-order valence-electron chi connectivity index (χ1n) is 15.1. The zero-order chi connectivity index (χ0) is 32.7. The van der Waals surface area contributed by atoms with E-state index < -0.39 is 0 Å². The number of nitrogens with one attached hydrogen (secondary N) is 2. The van der Waals surface area contributed by atoms with Crippen molar-refractivity contribution >= 4 is 66.1 Å². The number of ether oxygens (including phenoxy) is 4. The number of aromatic nitrogens is 2. The van der Waals surface area contributed by atoms with Gasteiger partial charge in [0.15, 0.2) is 0 Å². The van der Waals surface area contributed by atoms with Crippen molar-refractivity contribution in [1.29, 1.82) is 0 Å². The quantitative estimate of drug-likeness (QED) is 0.178. The monoisotopic (exact) mass is 754 g/mol. The highest BCUT2D eigenvalue weighted by Gasteiger charge is 2.27. The van der Waals surface area contributed by atoms with Crippen LogP contribution >= 0.6 is 31.9 Å². The number of hydrogen-bond acceptors (Lipinski definition) is 6. The predicted molar refractivity (Wildman–Crippen MR) is 197 cm³/mol. The van der Waals surface area contributed by atoms with Gasteiger partial charge in [-0.15, -0.1) is 0 Å². The van der Waals surface area contributed by atoms with Gasteiger partial charge in [0.2, 0.25) is 0 Å². The van der Waals surface area contributed by atoms with E-state index in [0.29, 0.717) is 42.5 Å². The fourth-order valence-corrected chi connectivity index (χ4v) is 6.98. The molecule has 4 bridgehead atoms. The normalized spacial score (nSPS) is 12.9. The smallest absolute Gasteiger partial charge is 0.132 e. The van der Waals surface area contributed by atoms with Gasteiger partial charge < -0.3 is 28.9 Å². The van der Waals surface area contributed by atoms with Crippen molar-refractivity contribution < 1.29 is 18.9 Å². The molecule has 0 atom stereocenters. The van der Waals surface area contributed by atoms with Crippen LogP contribution in [0.5, 0.6) is 23.0 Å². The van der Waals surface area contributed by atoms with E-state index in [1.165, 1.54) is 0 Å². The highest BCUT2D eigenvalue weighted by atomic mass is 79.9. The van der Waals surface area contributed by atoms with Crippen molar-refractivity contribution in [3.63, 3.8) is 0 Å². The Morgan fingerprint density at radius 3 is 1.30 bits per heavy atom. The van der Waals surface area contributed by atoms with Gasteiger partial charge in [-0.3, -0.25) is 9.98 Å². The Morgan fingerprint density at radius 1 is 0.553 bits per heavy atom. The lowest BCUT2D eigenvalue weighted by molar-refractivity contribution is 0.392. The fourth-order valence-electron chi connectivity index (χ4n) is 6.45. The molecule has 0 spiro atoms. The van der Waals surface area contributed by atoms with Crippen LogP contribution < -0.4 is 18.9 Å². The van der Waals surface area contributed by atoms with Gasteiger partial charge in [0.05, 0.1) is 74.7 Å². The number of halogens is 2. The lowest BCUT2D eigenvalue weighted by Gasteiger charge is -2.17. The number of aliphatic imine (C=N–C) groups is 2. The molecule has 0 aliphatic carbocycles. The third-order valence-corrected chi connectivity index (χ3v) is 9.63. The van der Waals surface area contributed by atoms with Gasteiger partial charge in [0.25, 0.3) is 0 Å². The predicted octanol–water partition coefficient (Wildman–Crippen LogP) is 8.98. The summed E-state index contributed by atoms with van der Waals surface area (Å²) in [4.78, 5) is 17.0. The summed E-state index contributed by atoms with van der Waals surface area (Å²) in [7, 11) is 6.74. The van der Waals surface area contributed by atoms with Gasteiger partial charge in [0.1, 0.15) is 23.0 Å². The van der Waals surface area contributed by atoms with Crippen LogP contribution in [-0.2, 0) is 6.42 Å². The molecule has 1 aliphatic rings. The van der Waals surface area contributed by atoms with E-state index in [1.54, 1.807) is 28.4 Å². The summed E-state index contributed by atoms with van der Waals surface area (Å²) < 4.78 is 26.1. The average molecular weight is 756 g/mol. The van der Waals surface area contributed by atoms with E-state index in [2.05, 4.69) is 66.1 Å². The van der Waals surface area contributed by atoms with Gasteiger partial charge in [-0.25, -0.2) is 0 Å².